The lowest BCUT2D eigenvalue weighted by atomic mass is 10.1. The molecule has 0 aliphatic heterocycles. The second kappa shape index (κ2) is 6.50. The van der Waals surface area contributed by atoms with Gasteiger partial charge >= 0.3 is 0 Å². The molecular weight excluding hydrogens is 290 g/mol. The molecule has 0 aliphatic carbocycles. The Bertz CT molecular complexity index is 804. The summed E-state index contributed by atoms with van der Waals surface area (Å²) in [4.78, 5) is 17.8. The van der Waals surface area contributed by atoms with E-state index < -0.39 is 0 Å². The zero-order valence-electron chi connectivity index (χ0n) is 12.2. The van der Waals surface area contributed by atoms with Crippen LogP contribution in [-0.4, -0.2) is 10.8 Å². The third-order valence-electron chi connectivity index (χ3n) is 3.28. The van der Waals surface area contributed by atoms with Crippen LogP contribution in [0.4, 0.5) is 0 Å². The van der Waals surface area contributed by atoms with Crippen molar-refractivity contribution >= 4 is 23.2 Å². The number of allylic oxidation sites excluding steroid dienone is 1. The van der Waals surface area contributed by atoms with E-state index in [9.17, 15) is 4.79 Å². The third-order valence-corrected chi connectivity index (χ3v) is 4.27. The molecule has 0 amide bonds. The van der Waals surface area contributed by atoms with Crippen LogP contribution in [0, 0.1) is 6.92 Å². The van der Waals surface area contributed by atoms with Crippen molar-refractivity contribution in [1.29, 1.82) is 0 Å². The van der Waals surface area contributed by atoms with Gasteiger partial charge in [-0.1, -0.05) is 66.7 Å². The molecular formula is C19H15NOS. The lowest BCUT2D eigenvalue weighted by molar-refractivity contribution is 0.104. The standard InChI is InChI=1S/C19H15NOS/c1-14-18(16-10-6-3-7-11-16)20-19(22-14)17(21)13-12-15-8-4-2-5-9-15/h2-13H,1H3. The second-order valence-electron chi connectivity index (χ2n) is 4.90. The van der Waals surface area contributed by atoms with Crippen LogP contribution in [0.25, 0.3) is 17.3 Å². The highest BCUT2D eigenvalue weighted by atomic mass is 32.1. The second-order valence-corrected chi connectivity index (χ2v) is 6.10. The molecule has 0 fully saturated rings. The zero-order valence-corrected chi connectivity index (χ0v) is 13.0. The van der Waals surface area contributed by atoms with E-state index in [4.69, 9.17) is 0 Å². The first-order chi connectivity index (χ1) is 10.7. The number of aryl methyl sites for hydroxylation is 1. The van der Waals surface area contributed by atoms with E-state index in [-0.39, 0.29) is 5.78 Å². The highest BCUT2D eigenvalue weighted by molar-refractivity contribution is 7.14. The van der Waals surface area contributed by atoms with Gasteiger partial charge in [0, 0.05) is 10.4 Å². The number of aromatic nitrogens is 1. The van der Waals surface area contributed by atoms with Crippen molar-refractivity contribution in [1.82, 2.24) is 4.98 Å². The van der Waals surface area contributed by atoms with Gasteiger partial charge in [-0.2, -0.15) is 0 Å². The summed E-state index contributed by atoms with van der Waals surface area (Å²) in [6.07, 6.45) is 3.41. The van der Waals surface area contributed by atoms with E-state index in [2.05, 4.69) is 4.98 Å². The first-order valence-corrected chi connectivity index (χ1v) is 7.86. The molecule has 0 bridgehead atoms. The molecule has 2 nitrogen and oxygen atoms in total. The Morgan fingerprint density at radius 1 is 1.00 bits per heavy atom. The maximum Gasteiger partial charge on any atom is 0.214 e. The van der Waals surface area contributed by atoms with Crippen LogP contribution in [0.5, 0.6) is 0 Å². The molecule has 0 radical (unpaired) electrons. The predicted molar refractivity (Wildman–Crippen MR) is 92.1 cm³/mol. The number of hydrogen-bond donors (Lipinski definition) is 0. The molecule has 1 aromatic heterocycles. The molecule has 0 N–H and O–H groups in total. The number of carbonyl (C=O) groups is 1. The van der Waals surface area contributed by atoms with E-state index >= 15 is 0 Å². The first-order valence-electron chi connectivity index (χ1n) is 7.04. The molecule has 108 valence electrons. The van der Waals surface area contributed by atoms with Gasteiger partial charge in [0.2, 0.25) is 5.78 Å². The van der Waals surface area contributed by atoms with Gasteiger partial charge in [0.25, 0.3) is 0 Å². The summed E-state index contributed by atoms with van der Waals surface area (Å²) in [6, 6.07) is 19.7. The molecule has 0 aliphatic rings. The summed E-state index contributed by atoms with van der Waals surface area (Å²) in [6.45, 7) is 2.00. The molecule has 0 spiro atoms. The minimum atomic E-state index is -0.0564. The third kappa shape index (κ3) is 3.21. The smallest absolute Gasteiger partial charge is 0.214 e. The van der Waals surface area contributed by atoms with Crippen LogP contribution in [0.2, 0.25) is 0 Å². The van der Waals surface area contributed by atoms with Gasteiger partial charge < -0.3 is 0 Å². The highest BCUT2D eigenvalue weighted by Crippen LogP contribution is 2.27. The van der Waals surface area contributed by atoms with Crippen molar-refractivity contribution in [3.05, 3.63) is 82.2 Å². The lowest BCUT2D eigenvalue weighted by Crippen LogP contribution is -1.93. The average molecular weight is 305 g/mol. The quantitative estimate of drug-likeness (QED) is 0.500. The zero-order chi connectivity index (χ0) is 15.4. The maximum absolute atomic E-state index is 12.3. The van der Waals surface area contributed by atoms with Crippen molar-refractivity contribution < 1.29 is 4.79 Å². The van der Waals surface area contributed by atoms with Gasteiger partial charge in [0.15, 0.2) is 5.01 Å². The van der Waals surface area contributed by atoms with Crippen molar-refractivity contribution in [3.63, 3.8) is 0 Å². The molecule has 1 heterocycles. The van der Waals surface area contributed by atoms with Crippen molar-refractivity contribution in [3.8, 4) is 11.3 Å². The number of benzene rings is 2. The van der Waals surface area contributed by atoms with Crippen molar-refractivity contribution in [2.75, 3.05) is 0 Å². The van der Waals surface area contributed by atoms with Crippen LogP contribution >= 0.6 is 11.3 Å². The van der Waals surface area contributed by atoms with E-state index in [1.165, 1.54) is 11.3 Å². The number of carbonyl (C=O) groups excluding carboxylic acids is 1. The van der Waals surface area contributed by atoms with E-state index in [0.717, 1.165) is 21.7 Å². The maximum atomic E-state index is 12.3. The summed E-state index contributed by atoms with van der Waals surface area (Å²) >= 11 is 1.44. The number of ketones is 1. The SMILES string of the molecule is Cc1sc(C(=O)C=Cc2ccccc2)nc1-c1ccccc1. The van der Waals surface area contributed by atoms with Gasteiger partial charge in [-0.25, -0.2) is 4.98 Å². The van der Waals surface area contributed by atoms with Gasteiger partial charge in [-0.15, -0.1) is 11.3 Å². The van der Waals surface area contributed by atoms with Gasteiger partial charge in [-0.3, -0.25) is 4.79 Å². The fraction of sp³-hybridized carbons (Fsp3) is 0.0526. The number of hydrogen-bond acceptors (Lipinski definition) is 3. The summed E-state index contributed by atoms with van der Waals surface area (Å²) in [7, 11) is 0. The van der Waals surface area contributed by atoms with Crippen LogP contribution in [0.3, 0.4) is 0 Å². The summed E-state index contributed by atoms with van der Waals surface area (Å²) in [5.74, 6) is -0.0564. The minimum Gasteiger partial charge on any atom is -0.287 e. The summed E-state index contributed by atoms with van der Waals surface area (Å²) in [5, 5.41) is 0.531. The largest absolute Gasteiger partial charge is 0.287 e. The van der Waals surface area contributed by atoms with E-state index in [0.29, 0.717) is 5.01 Å². The molecule has 0 saturated heterocycles. The van der Waals surface area contributed by atoms with Crippen LogP contribution in [0.1, 0.15) is 20.2 Å². The predicted octanol–water partition coefficient (Wildman–Crippen LogP) is 5.01. The molecule has 0 saturated carbocycles. The van der Waals surface area contributed by atoms with Crippen LogP contribution in [0.15, 0.2) is 66.7 Å². The molecule has 3 rings (SSSR count). The Kier molecular flexibility index (Phi) is 4.26. The summed E-state index contributed by atoms with van der Waals surface area (Å²) < 4.78 is 0. The van der Waals surface area contributed by atoms with Crippen LogP contribution < -0.4 is 0 Å². The van der Waals surface area contributed by atoms with Gasteiger partial charge in [0.05, 0.1) is 5.69 Å². The molecule has 3 heteroatoms. The minimum absolute atomic E-state index is 0.0564. The Balaban J connectivity index is 1.84. The fourth-order valence-electron chi connectivity index (χ4n) is 2.17. The molecule has 3 aromatic rings. The number of thiazole rings is 1. The Hall–Kier alpha value is -2.52. The number of rotatable bonds is 4. The van der Waals surface area contributed by atoms with Gasteiger partial charge in [-0.05, 0) is 18.6 Å². The topological polar surface area (TPSA) is 30.0 Å². The molecule has 2 aromatic carbocycles. The molecule has 0 atom stereocenters. The van der Waals surface area contributed by atoms with Crippen molar-refractivity contribution in [2.45, 2.75) is 6.92 Å². The van der Waals surface area contributed by atoms with Crippen molar-refractivity contribution in [2.24, 2.45) is 0 Å². The van der Waals surface area contributed by atoms with Gasteiger partial charge in [0.1, 0.15) is 0 Å². The lowest BCUT2D eigenvalue weighted by Gasteiger charge is -1.96. The monoisotopic (exact) mass is 305 g/mol. The first kappa shape index (κ1) is 14.4. The molecule has 22 heavy (non-hydrogen) atoms. The summed E-state index contributed by atoms with van der Waals surface area (Å²) in [5.41, 5.74) is 2.94. The molecule has 0 unspecified atom stereocenters. The average Bonchev–Trinajstić information content (AvgIpc) is 2.96. The fourth-order valence-corrected chi connectivity index (χ4v) is 3.03. The van der Waals surface area contributed by atoms with E-state index in [1.54, 1.807) is 6.08 Å². The van der Waals surface area contributed by atoms with Crippen LogP contribution in [-0.2, 0) is 0 Å². The van der Waals surface area contributed by atoms with E-state index in [1.807, 2.05) is 73.7 Å². The Labute approximate surface area is 133 Å². The number of nitrogens with zero attached hydrogens (tertiary/aromatic N) is 1. The Morgan fingerprint density at radius 2 is 1.64 bits per heavy atom. The normalized spacial score (nSPS) is 11.0. The Morgan fingerprint density at radius 3 is 2.32 bits per heavy atom. The highest BCUT2D eigenvalue weighted by Gasteiger charge is 2.13.